The maximum Gasteiger partial charge on any atom is 0.276 e. The number of unbranched alkanes of at least 4 members (excludes halogenated alkanes) is 1. The van der Waals surface area contributed by atoms with Crippen LogP contribution in [0.25, 0.3) is 0 Å². The zero-order chi connectivity index (χ0) is 96.8. The van der Waals surface area contributed by atoms with E-state index < -0.39 is 9.84 Å². The summed E-state index contributed by atoms with van der Waals surface area (Å²) in [6.45, 7) is 10.1. The summed E-state index contributed by atoms with van der Waals surface area (Å²) in [5.74, 6) is 6.41. The smallest absolute Gasteiger partial charge is 0.276 e. The number of carbonyl (C=O) groups excluding carboxylic acids is 9. The summed E-state index contributed by atoms with van der Waals surface area (Å²) in [5, 5.41) is 56.3. The average Bonchev–Trinajstić information content (AvgIpc) is 1.67. The van der Waals surface area contributed by atoms with Crippen LogP contribution in [0.3, 0.4) is 0 Å². The molecule has 10 aliphatic rings. The number of hydrogen-bond acceptors (Lipinski definition) is 27. The van der Waals surface area contributed by atoms with E-state index >= 15 is 0 Å². The predicted molar refractivity (Wildman–Crippen MR) is 507 cm³/mol. The van der Waals surface area contributed by atoms with Gasteiger partial charge in [-0.3, -0.25) is 43.2 Å². The highest BCUT2D eigenvalue weighted by atomic mass is 32.2. The molecule has 0 bridgehead atoms. The fraction of sp³-hybridized carbons (Fsp3) is 0.697. The van der Waals surface area contributed by atoms with E-state index in [9.17, 15) is 51.6 Å². The molecule has 0 radical (unpaired) electrons. The van der Waals surface area contributed by atoms with Crippen LogP contribution in [0.4, 0.5) is 0 Å². The van der Waals surface area contributed by atoms with E-state index in [-0.39, 0.29) is 163 Å². The number of methoxy groups -OCH3 is 1. The van der Waals surface area contributed by atoms with E-state index in [4.69, 9.17) is 54.8 Å². The van der Waals surface area contributed by atoms with E-state index in [2.05, 4.69) is 76.7 Å². The first-order valence-electron chi connectivity index (χ1n) is 50.4. The molecule has 750 valence electrons. The molecule has 5 atom stereocenters. The first-order valence-corrected chi connectivity index (χ1v) is 52.2. The highest BCUT2D eigenvalue weighted by Crippen LogP contribution is 2.45. The quantitative estimate of drug-likeness (QED) is 0.0170. The molecule has 10 saturated carbocycles. The maximum absolute atomic E-state index is 13.1. The zero-order valence-electron chi connectivity index (χ0n) is 80.2. The zero-order valence-corrected chi connectivity index (χ0v) is 81.1. The third kappa shape index (κ3) is 33.5. The Hall–Kier alpha value is -9.79. The molecule has 6 aromatic rings. The van der Waals surface area contributed by atoms with Gasteiger partial charge in [0, 0.05) is 198 Å². The van der Waals surface area contributed by atoms with Crippen molar-refractivity contribution in [1.82, 2.24) is 72.4 Å². The van der Waals surface area contributed by atoms with E-state index in [0.29, 0.717) is 110 Å². The Balaban J connectivity index is 0.000000153. The summed E-state index contributed by atoms with van der Waals surface area (Å²) in [4.78, 5) is 117. The van der Waals surface area contributed by atoms with Gasteiger partial charge in [-0.2, -0.15) is 0 Å². The molecule has 0 unspecified atom stereocenters. The first kappa shape index (κ1) is 105. The number of sulfone groups is 1. The molecular weight excluding hydrogens is 1760 g/mol. The summed E-state index contributed by atoms with van der Waals surface area (Å²) >= 11 is 0. The number of nitrogens with zero attached hydrogens (tertiary/aromatic N) is 8. The van der Waals surface area contributed by atoms with Gasteiger partial charge in [0.25, 0.3) is 29.5 Å². The van der Waals surface area contributed by atoms with Gasteiger partial charge in [-0.15, -0.1) is 0 Å². The summed E-state index contributed by atoms with van der Waals surface area (Å²) in [6, 6.07) is 19.8. The molecule has 136 heavy (non-hydrogen) atoms. The minimum atomic E-state index is -2.91. The van der Waals surface area contributed by atoms with Crippen LogP contribution in [-0.2, 0) is 40.2 Å². The summed E-state index contributed by atoms with van der Waals surface area (Å²) < 4.78 is 55.0. The number of aromatic nitrogens is 5. The number of hydrogen-bond donors (Lipinski definition) is 11. The maximum atomic E-state index is 13.1. The monoisotopic (exact) mass is 1910 g/mol. The summed E-state index contributed by atoms with van der Waals surface area (Å²) in [7, 11) is -1.28. The molecule has 0 spiro atoms. The lowest BCUT2D eigenvalue weighted by molar-refractivity contribution is -0.135. The van der Waals surface area contributed by atoms with E-state index in [1.165, 1.54) is 5.56 Å². The van der Waals surface area contributed by atoms with Crippen molar-refractivity contribution in [3.05, 3.63) is 123 Å². The van der Waals surface area contributed by atoms with Gasteiger partial charge in [0.05, 0.1) is 19.0 Å². The highest BCUT2D eigenvalue weighted by molar-refractivity contribution is 7.91. The van der Waals surface area contributed by atoms with Crippen molar-refractivity contribution in [1.29, 1.82) is 0 Å². The lowest BCUT2D eigenvalue weighted by atomic mass is 9.78. The Morgan fingerprint density at radius 3 is 1.20 bits per heavy atom. The van der Waals surface area contributed by atoms with E-state index in [1.54, 1.807) is 44.4 Å². The van der Waals surface area contributed by atoms with Gasteiger partial charge in [-0.1, -0.05) is 76.4 Å². The number of ether oxygens (including phenoxy) is 1. The Bertz CT molecular complexity index is 4760. The van der Waals surface area contributed by atoms with Gasteiger partial charge in [0.15, 0.2) is 28.5 Å². The van der Waals surface area contributed by atoms with Crippen LogP contribution >= 0.6 is 0 Å². The molecule has 10 fully saturated rings. The molecule has 16 rings (SSSR count). The Kier molecular flexibility index (Phi) is 40.4. The second kappa shape index (κ2) is 52.3. The van der Waals surface area contributed by atoms with Gasteiger partial charge in [0.1, 0.15) is 38.6 Å². The van der Waals surface area contributed by atoms with Crippen LogP contribution in [0.15, 0.2) is 83.3 Å². The van der Waals surface area contributed by atoms with Crippen LogP contribution < -0.4 is 49.1 Å². The van der Waals surface area contributed by atoms with E-state index in [0.717, 1.165) is 241 Å². The molecule has 14 N–H and O–H groups in total. The van der Waals surface area contributed by atoms with Crippen LogP contribution in [0, 0.1) is 11.8 Å². The molecule has 0 aliphatic heterocycles. The minimum Gasteiger partial charge on any atom is -0.396 e. The SMILES string of the molecule is CCCCN(C(=O)CCO)C1CCC(NC(=O)c2cc(C3CC3)on2)CC1.CCS(=O)(=O)CC1CCC(NC(=O)c2cc(C3CC3)on2)CC1.COCCN(C(=O)c1cc(C2CC2)on1)C1CCC(NC(=O)C[C@@H](C)N)CC1.C[C@@H](N)CC(=O)N[C@H]1CC[C@H](NC(=O)c2cc(C3CC3)on2)[C@H](Cc2ccccc2)C1.NCCC(=O)N(CCCO)C1CCC(NC(=O)c2cc(C3CC3)on2)CC1. The van der Waals surface area contributed by atoms with Gasteiger partial charge in [-0.05, 0) is 237 Å². The Morgan fingerprint density at radius 1 is 0.449 bits per heavy atom. The van der Waals surface area contributed by atoms with Crippen molar-refractivity contribution < 1.29 is 89.1 Å². The van der Waals surface area contributed by atoms with Crippen molar-refractivity contribution in [2.75, 3.05) is 64.6 Å². The molecule has 1 aromatic carbocycles. The van der Waals surface area contributed by atoms with Crippen molar-refractivity contribution in [2.24, 2.45) is 29.0 Å². The molecule has 5 aromatic heterocycles. The number of benzene rings is 1. The van der Waals surface area contributed by atoms with Gasteiger partial charge >= 0.3 is 0 Å². The lowest BCUT2D eigenvalue weighted by Crippen LogP contribution is -2.49. The molecule has 36 nitrogen and oxygen atoms in total. The number of rotatable bonds is 41. The standard InChI is InChI=1S/C24H32N4O3.C20H32N4O4.C20H31N3O4.C19H30N4O4.C16H24N2O4S/c1-15(25)11-23(29)26-19-9-10-20(18(13-19)12-16-5-3-2-4-6-16)27-24(30)21-14-22(31-28-21)17-7-8-17;1-13(21)11-19(25)22-15-5-7-16(8-6-15)24(9-10-27-2)20(26)17-12-18(28-23-17)14-3-4-14;1-2-3-11-23(19(25)10-12-24)16-8-6-15(7-9-16)21-20(26)17-13-18(27-22-17)14-4-5-14;20-9-8-18(25)23(10-1-11-24)15-6-4-14(5-7-15)21-19(26)16-12-17(27-22-16)13-2-3-13;1-2-23(20,21)10-11-3-7-13(8-4-11)17-16(19)14-9-15(22-18-14)12-5-6-12/h2-6,14-15,17-20H,7-13,25H2,1H3,(H,26,29)(H,27,30);12-16H,3-11,21H2,1-2H3,(H,22,25);13-16,24H,2-12H2,1H3,(H,21,26);12-15,24H,1-11,20H2,(H,21,26);9,11-13H,2-8,10H2,1H3,(H,17,19)/t15-,18-,19+,20+;13-,15?,16?;;;/m11.../s1. The second-order valence-corrected chi connectivity index (χ2v) is 41.8. The molecule has 10 aliphatic carbocycles. The number of aliphatic hydroxyl groups is 2. The largest absolute Gasteiger partial charge is 0.396 e. The molecule has 0 saturated heterocycles. The number of carbonyl (C=O) groups is 9. The molecule has 5 heterocycles. The summed E-state index contributed by atoms with van der Waals surface area (Å²) in [6.07, 6.45) is 31.6. The van der Waals surface area contributed by atoms with Crippen molar-refractivity contribution in [3.63, 3.8) is 0 Å². The van der Waals surface area contributed by atoms with Crippen molar-refractivity contribution in [2.45, 2.75) is 361 Å². The normalized spacial score (nSPS) is 23.5. The third-order valence-corrected chi connectivity index (χ3v) is 29.6. The van der Waals surface area contributed by atoms with Crippen LogP contribution in [0.5, 0.6) is 0 Å². The van der Waals surface area contributed by atoms with Crippen LogP contribution in [-0.4, -0.2) is 243 Å². The summed E-state index contributed by atoms with van der Waals surface area (Å²) in [5.41, 5.74) is 20.0. The van der Waals surface area contributed by atoms with Gasteiger partial charge < -0.3 is 101 Å². The number of nitrogens with one attached hydrogen (secondary N) is 6. The Labute approximate surface area is 798 Å². The highest BCUT2D eigenvalue weighted by Gasteiger charge is 2.40. The molecule has 9 amide bonds. The van der Waals surface area contributed by atoms with Crippen molar-refractivity contribution >= 4 is 63.0 Å². The fourth-order valence-electron chi connectivity index (χ4n) is 19.1. The van der Waals surface area contributed by atoms with Crippen LogP contribution in [0.2, 0.25) is 0 Å². The van der Waals surface area contributed by atoms with Crippen molar-refractivity contribution in [3.8, 4) is 0 Å². The topological polar surface area (TPSA) is 528 Å². The minimum absolute atomic E-state index is 0.000896. The lowest BCUT2D eigenvalue weighted by Gasteiger charge is -2.37. The molecule has 37 heteroatoms. The predicted octanol–water partition coefficient (Wildman–Crippen LogP) is 10.8. The van der Waals surface area contributed by atoms with Crippen LogP contribution in [0.1, 0.15) is 375 Å². The molecular formula is C99H149N17O19S. The van der Waals surface area contributed by atoms with E-state index in [1.807, 2.05) is 46.7 Å². The second-order valence-electron chi connectivity index (χ2n) is 39.4. The number of amides is 9. The Morgan fingerprint density at radius 2 is 0.816 bits per heavy atom. The van der Waals surface area contributed by atoms with Gasteiger partial charge in [-0.25, -0.2) is 8.42 Å². The fourth-order valence-corrected chi connectivity index (χ4v) is 20.4. The van der Waals surface area contributed by atoms with Gasteiger partial charge in [0.2, 0.25) is 23.6 Å². The number of nitrogens with two attached hydrogens (primary N) is 3. The number of aliphatic hydroxyl groups excluding tert-OH is 2. The third-order valence-electron chi connectivity index (χ3n) is 27.7. The average molecular weight is 1910 g/mol. The first-order chi connectivity index (χ1) is 65.6.